The summed E-state index contributed by atoms with van der Waals surface area (Å²) in [6, 6.07) is 0. The van der Waals surface area contributed by atoms with Crippen LogP contribution in [-0.4, -0.2) is 30.8 Å². The lowest BCUT2D eigenvalue weighted by atomic mass is 10.0. The first kappa shape index (κ1) is 8.10. The minimum absolute atomic E-state index is 0.131. The van der Waals surface area contributed by atoms with Crippen molar-refractivity contribution in [3.05, 3.63) is 12.8 Å². The normalized spacial score (nSPS) is 36.5. The highest BCUT2D eigenvalue weighted by molar-refractivity contribution is 5.89. The van der Waals surface area contributed by atoms with Crippen LogP contribution in [0.3, 0.4) is 0 Å². The van der Waals surface area contributed by atoms with Gasteiger partial charge in [-0.15, -0.1) is 0 Å². The third kappa shape index (κ3) is 1.07. The van der Waals surface area contributed by atoms with E-state index in [1.165, 1.54) is 0 Å². The van der Waals surface area contributed by atoms with Crippen molar-refractivity contribution in [1.82, 2.24) is 0 Å². The Bertz CT molecular complexity index is 272. The highest BCUT2D eigenvalue weighted by Gasteiger charge is 2.55. The van der Waals surface area contributed by atoms with Gasteiger partial charge in [0, 0.05) is 0 Å². The number of ether oxygens (including phenoxy) is 3. The maximum Gasteiger partial charge on any atom is 0.348 e. The van der Waals surface area contributed by atoms with Crippen LogP contribution in [0.1, 0.15) is 0 Å². The van der Waals surface area contributed by atoms with Gasteiger partial charge < -0.3 is 14.2 Å². The Morgan fingerprint density at radius 1 is 1.46 bits per heavy atom. The lowest BCUT2D eigenvalue weighted by molar-refractivity contribution is -0.154. The third-order valence-corrected chi connectivity index (χ3v) is 2.13. The average Bonchev–Trinajstić information content (AvgIpc) is 2.57. The van der Waals surface area contributed by atoms with Gasteiger partial charge in [0.1, 0.15) is 12.5 Å². The maximum absolute atomic E-state index is 11.1. The van der Waals surface area contributed by atoms with Gasteiger partial charge in [-0.05, 0) is 0 Å². The molecule has 0 N–H and O–H groups in total. The molecule has 2 rings (SSSR count). The number of rotatable bonds is 2. The molecule has 2 saturated heterocycles. The predicted molar refractivity (Wildman–Crippen MR) is 39.4 cm³/mol. The molecule has 0 aliphatic carbocycles. The number of esters is 2. The second-order valence-electron chi connectivity index (χ2n) is 2.85. The second kappa shape index (κ2) is 2.76. The summed E-state index contributed by atoms with van der Waals surface area (Å²) in [6.45, 7) is 3.45. The Hall–Kier alpha value is -1.52. The first-order valence-corrected chi connectivity index (χ1v) is 3.87. The quantitative estimate of drug-likeness (QED) is 0.432. The zero-order valence-electron chi connectivity index (χ0n) is 6.76. The summed E-state index contributed by atoms with van der Waals surface area (Å²) in [7, 11) is 0. The Labute approximate surface area is 74.3 Å². The molecule has 0 amide bonds. The van der Waals surface area contributed by atoms with Crippen molar-refractivity contribution >= 4 is 11.9 Å². The van der Waals surface area contributed by atoms with Gasteiger partial charge in [0.15, 0.2) is 6.10 Å². The summed E-state index contributed by atoms with van der Waals surface area (Å²) < 4.78 is 14.5. The Balaban J connectivity index is 2.20. The molecule has 0 aromatic rings. The van der Waals surface area contributed by atoms with Crippen molar-refractivity contribution in [2.24, 2.45) is 5.92 Å². The van der Waals surface area contributed by atoms with Crippen LogP contribution >= 0.6 is 0 Å². The van der Waals surface area contributed by atoms with Gasteiger partial charge in [-0.1, -0.05) is 6.58 Å². The summed E-state index contributed by atoms with van der Waals surface area (Å²) in [5, 5.41) is 0. The molecule has 0 saturated carbocycles. The van der Waals surface area contributed by atoms with Crippen molar-refractivity contribution in [3.63, 3.8) is 0 Å². The molecule has 0 radical (unpaired) electrons. The Kier molecular flexibility index (Phi) is 1.72. The van der Waals surface area contributed by atoms with Crippen LogP contribution < -0.4 is 0 Å². The smallest absolute Gasteiger partial charge is 0.348 e. The van der Waals surface area contributed by atoms with E-state index in [1.54, 1.807) is 0 Å². The minimum Gasteiger partial charge on any atom is -0.486 e. The number of carbonyl (C=O) groups excluding carboxylic acids is 2. The zero-order chi connectivity index (χ0) is 9.42. The molecule has 0 aromatic heterocycles. The Morgan fingerprint density at radius 2 is 2.23 bits per heavy atom. The summed E-state index contributed by atoms with van der Waals surface area (Å²) in [4.78, 5) is 22.2. The van der Waals surface area contributed by atoms with E-state index < -0.39 is 30.1 Å². The van der Waals surface area contributed by atoms with Crippen LogP contribution in [0.15, 0.2) is 12.8 Å². The maximum atomic E-state index is 11.1. The third-order valence-electron chi connectivity index (χ3n) is 2.13. The predicted octanol–water partition coefficient (Wildman–Crippen LogP) is -0.387. The molecule has 5 heteroatoms. The van der Waals surface area contributed by atoms with Crippen LogP contribution in [-0.2, 0) is 23.8 Å². The van der Waals surface area contributed by atoms with E-state index in [-0.39, 0.29) is 6.61 Å². The van der Waals surface area contributed by atoms with E-state index in [2.05, 4.69) is 6.58 Å². The molecule has 2 aliphatic rings. The van der Waals surface area contributed by atoms with Crippen molar-refractivity contribution < 1.29 is 23.8 Å². The molecule has 2 aliphatic heterocycles. The van der Waals surface area contributed by atoms with E-state index in [0.717, 1.165) is 6.26 Å². The first-order chi connectivity index (χ1) is 6.24. The lowest BCUT2D eigenvalue weighted by Gasteiger charge is -2.08. The second-order valence-corrected chi connectivity index (χ2v) is 2.85. The number of hydrogen-bond acceptors (Lipinski definition) is 5. The van der Waals surface area contributed by atoms with Crippen LogP contribution in [0.25, 0.3) is 0 Å². The van der Waals surface area contributed by atoms with Crippen LogP contribution in [0.4, 0.5) is 0 Å². The molecule has 2 heterocycles. The number of hydrogen-bond donors (Lipinski definition) is 0. The number of carbonyl (C=O) groups is 2. The molecular formula is C8H8O5. The van der Waals surface area contributed by atoms with E-state index in [1.807, 2.05) is 0 Å². The van der Waals surface area contributed by atoms with Gasteiger partial charge in [0.25, 0.3) is 0 Å². The van der Waals surface area contributed by atoms with Crippen molar-refractivity contribution in [3.8, 4) is 0 Å². The van der Waals surface area contributed by atoms with Gasteiger partial charge in [0.2, 0.25) is 6.10 Å². The molecule has 0 bridgehead atoms. The van der Waals surface area contributed by atoms with Crippen LogP contribution in [0.5, 0.6) is 0 Å². The fourth-order valence-electron chi connectivity index (χ4n) is 1.55. The highest BCUT2D eigenvalue weighted by Crippen LogP contribution is 2.31. The van der Waals surface area contributed by atoms with Gasteiger partial charge in [-0.3, -0.25) is 4.79 Å². The number of cyclic esters (lactones) is 1. The van der Waals surface area contributed by atoms with Crippen molar-refractivity contribution in [2.75, 3.05) is 6.61 Å². The average molecular weight is 184 g/mol. The zero-order valence-corrected chi connectivity index (χ0v) is 6.76. The summed E-state index contributed by atoms with van der Waals surface area (Å²) in [5.74, 6) is -1.58. The first-order valence-electron chi connectivity index (χ1n) is 3.87. The molecule has 3 unspecified atom stereocenters. The van der Waals surface area contributed by atoms with E-state index >= 15 is 0 Å². The number of fused-ring (bicyclic) bond motifs is 1. The SMILES string of the molecule is C=COC1C(=O)OC2COC(=O)C21. The highest BCUT2D eigenvalue weighted by atomic mass is 16.6. The van der Waals surface area contributed by atoms with Gasteiger partial charge >= 0.3 is 11.9 Å². The molecular weight excluding hydrogens is 176 g/mol. The minimum atomic E-state index is -0.877. The van der Waals surface area contributed by atoms with E-state index in [4.69, 9.17) is 14.2 Å². The molecule has 5 nitrogen and oxygen atoms in total. The van der Waals surface area contributed by atoms with Gasteiger partial charge in [-0.2, -0.15) is 0 Å². The summed E-state index contributed by atoms with van der Waals surface area (Å²) in [6.07, 6.45) is -0.234. The largest absolute Gasteiger partial charge is 0.486 e. The topological polar surface area (TPSA) is 61.8 Å². The van der Waals surface area contributed by atoms with Gasteiger partial charge in [-0.25, -0.2) is 4.79 Å². The van der Waals surface area contributed by atoms with E-state index in [9.17, 15) is 9.59 Å². The van der Waals surface area contributed by atoms with E-state index in [0.29, 0.717) is 0 Å². The lowest BCUT2D eigenvalue weighted by Crippen LogP contribution is -2.29. The fourth-order valence-corrected chi connectivity index (χ4v) is 1.55. The summed E-state index contributed by atoms with van der Waals surface area (Å²) >= 11 is 0. The molecule has 3 atom stereocenters. The monoisotopic (exact) mass is 184 g/mol. The van der Waals surface area contributed by atoms with Crippen molar-refractivity contribution in [1.29, 1.82) is 0 Å². The molecule has 0 aromatic carbocycles. The Morgan fingerprint density at radius 3 is 2.92 bits per heavy atom. The molecule has 0 spiro atoms. The fraction of sp³-hybridized carbons (Fsp3) is 0.500. The standard InChI is InChI=1S/C8H8O5/c1-2-11-6-5-4(13-8(6)10)3-12-7(5)9/h2,4-6H,1,3H2. The molecule has 2 fully saturated rings. The van der Waals surface area contributed by atoms with Crippen LogP contribution in [0.2, 0.25) is 0 Å². The summed E-state index contributed by atoms with van der Waals surface area (Å²) in [5.41, 5.74) is 0. The van der Waals surface area contributed by atoms with Crippen LogP contribution in [0, 0.1) is 5.92 Å². The molecule has 13 heavy (non-hydrogen) atoms. The van der Waals surface area contributed by atoms with Crippen molar-refractivity contribution in [2.45, 2.75) is 12.2 Å². The van der Waals surface area contributed by atoms with Gasteiger partial charge in [0.05, 0.1) is 6.26 Å². The molecule has 70 valence electrons.